The number of ether oxygens (including phenoxy) is 1. The molecule has 1 saturated heterocycles. The molecule has 3 amide bonds. The number of para-hydroxylation sites is 1. The Kier molecular flexibility index (Phi) is 8.04. The van der Waals surface area contributed by atoms with Gasteiger partial charge < -0.3 is 19.4 Å². The van der Waals surface area contributed by atoms with Crippen LogP contribution in [0.5, 0.6) is 5.75 Å². The predicted molar refractivity (Wildman–Crippen MR) is 141 cm³/mol. The zero-order valence-corrected chi connectivity index (χ0v) is 23.2. The number of hydrazine groups is 1. The molecule has 10 nitrogen and oxygen atoms in total. The number of rotatable bonds is 5. The minimum Gasteiger partial charge on any atom is -0.491 e. The van der Waals surface area contributed by atoms with Crippen molar-refractivity contribution in [2.45, 2.75) is 38.9 Å². The first-order chi connectivity index (χ1) is 20.3. The SMILES string of the molecule is CC1=C(Cc2ccc(F)c(C(=O)N3CCN(C4COc5ccccc5C4)C(=O)C3)c2)N(OC(=O)C(F)(F)F)NC(=O)C1C. The van der Waals surface area contributed by atoms with Gasteiger partial charge in [0.15, 0.2) is 0 Å². The van der Waals surface area contributed by atoms with Gasteiger partial charge in [-0.1, -0.05) is 24.3 Å². The van der Waals surface area contributed by atoms with Crippen molar-refractivity contribution in [1.29, 1.82) is 0 Å². The van der Waals surface area contributed by atoms with Gasteiger partial charge in [-0.2, -0.15) is 13.2 Å². The second-order valence-electron chi connectivity index (χ2n) is 10.6. The van der Waals surface area contributed by atoms with Crippen molar-refractivity contribution >= 4 is 23.7 Å². The Bertz CT molecular complexity index is 1510. The maximum Gasteiger partial charge on any atom is 0.493 e. The number of piperazine rings is 1. The van der Waals surface area contributed by atoms with E-state index in [0.717, 1.165) is 17.4 Å². The summed E-state index contributed by atoms with van der Waals surface area (Å²) in [7, 11) is 0. The molecule has 228 valence electrons. The van der Waals surface area contributed by atoms with Crippen LogP contribution in [0.3, 0.4) is 0 Å². The molecule has 3 heterocycles. The van der Waals surface area contributed by atoms with E-state index >= 15 is 0 Å². The Morgan fingerprint density at radius 2 is 1.86 bits per heavy atom. The van der Waals surface area contributed by atoms with E-state index in [9.17, 15) is 36.7 Å². The van der Waals surface area contributed by atoms with Crippen LogP contribution in [0.4, 0.5) is 17.6 Å². The molecule has 2 unspecified atom stereocenters. The molecule has 0 saturated carbocycles. The lowest BCUT2D eigenvalue weighted by Crippen LogP contribution is -2.57. The van der Waals surface area contributed by atoms with Crippen LogP contribution in [0.1, 0.15) is 35.3 Å². The summed E-state index contributed by atoms with van der Waals surface area (Å²) in [5, 5.41) is 0.351. The lowest BCUT2D eigenvalue weighted by atomic mass is 9.94. The van der Waals surface area contributed by atoms with Gasteiger partial charge in [0.25, 0.3) is 5.91 Å². The number of carbonyl (C=O) groups excluding carboxylic acids is 4. The first-order valence-electron chi connectivity index (χ1n) is 13.5. The van der Waals surface area contributed by atoms with E-state index in [1.54, 1.807) is 4.90 Å². The molecule has 5 rings (SSSR count). The number of nitrogens with one attached hydrogen (secondary N) is 1. The lowest BCUT2D eigenvalue weighted by Gasteiger charge is -2.40. The van der Waals surface area contributed by atoms with E-state index < -0.39 is 35.7 Å². The smallest absolute Gasteiger partial charge is 0.491 e. The molecular formula is C29H28F4N4O6. The minimum atomic E-state index is -5.32. The summed E-state index contributed by atoms with van der Waals surface area (Å²) >= 11 is 0. The Morgan fingerprint density at radius 1 is 1.12 bits per heavy atom. The second kappa shape index (κ2) is 11.6. The van der Waals surface area contributed by atoms with E-state index in [2.05, 4.69) is 10.3 Å². The predicted octanol–water partition coefficient (Wildman–Crippen LogP) is 2.93. The van der Waals surface area contributed by atoms with Crippen molar-refractivity contribution in [3.63, 3.8) is 0 Å². The molecule has 2 aromatic rings. The topological polar surface area (TPSA) is 108 Å². The third-order valence-corrected chi connectivity index (χ3v) is 7.84. The zero-order valence-electron chi connectivity index (χ0n) is 23.2. The largest absolute Gasteiger partial charge is 0.493 e. The van der Waals surface area contributed by atoms with Gasteiger partial charge in [0.1, 0.15) is 24.7 Å². The summed E-state index contributed by atoms with van der Waals surface area (Å²) < 4.78 is 59.3. The van der Waals surface area contributed by atoms with E-state index in [-0.39, 0.29) is 49.3 Å². The van der Waals surface area contributed by atoms with Crippen molar-refractivity contribution in [3.8, 4) is 5.75 Å². The molecular weight excluding hydrogens is 576 g/mol. The first-order valence-corrected chi connectivity index (χ1v) is 13.5. The number of nitrogens with zero attached hydrogens (tertiary/aromatic N) is 3. The molecule has 1 N–H and O–H groups in total. The standard InChI is InChI=1S/C29H28F4N4O6/c1-16-17(2)26(39)34-37(43-28(41)29(31,32)33)23(16)12-18-7-8-22(30)21(11-18)27(40)35-9-10-36(25(38)14-35)20-13-19-5-3-4-6-24(19)42-15-20/h3-8,11,17,20H,9-10,12-15H2,1-2H3,(H,34,39). The van der Waals surface area contributed by atoms with Crippen LogP contribution in [0.25, 0.3) is 0 Å². The Balaban J connectivity index is 1.30. The number of fused-ring (bicyclic) bond motifs is 1. The number of hydrogen-bond acceptors (Lipinski definition) is 7. The summed E-state index contributed by atoms with van der Waals surface area (Å²) in [5.41, 5.74) is 3.36. The van der Waals surface area contributed by atoms with Crippen molar-refractivity contribution < 1.29 is 46.3 Å². The fourth-order valence-corrected chi connectivity index (χ4v) is 5.26. The molecule has 0 radical (unpaired) electrons. The van der Waals surface area contributed by atoms with E-state index in [4.69, 9.17) is 4.74 Å². The fraction of sp³-hybridized carbons (Fsp3) is 0.379. The monoisotopic (exact) mass is 604 g/mol. The maximum absolute atomic E-state index is 14.9. The summed E-state index contributed by atoms with van der Waals surface area (Å²) in [5.74, 6) is -5.12. The summed E-state index contributed by atoms with van der Waals surface area (Å²) in [6, 6.07) is 10.9. The summed E-state index contributed by atoms with van der Waals surface area (Å²) in [4.78, 5) is 57.4. The van der Waals surface area contributed by atoms with Gasteiger partial charge in [0.05, 0.1) is 23.2 Å². The van der Waals surface area contributed by atoms with Crippen LogP contribution in [-0.2, 0) is 32.1 Å². The maximum atomic E-state index is 14.9. The number of benzene rings is 2. The van der Waals surface area contributed by atoms with Crippen LogP contribution in [0.15, 0.2) is 53.7 Å². The molecule has 3 aliphatic heterocycles. The van der Waals surface area contributed by atoms with Gasteiger partial charge >= 0.3 is 12.1 Å². The van der Waals surface area contributed by atoms with Crippen molar-refractivity contribution in [3.05, 3.63) is 76.2 Å². The number of hydrogen-bond donors (Lipinski definition) is 1. The Labute approximate surface area is 243 Å². The quantitative estimate of drug-likeness (QED) is 0.523. The molecule has 3 aliphatic rings. The third-order valence-electron chi connectivity index (χ3n) is 7.84. The minimum absolute atomic E-state index is 0.00905. The molecule has 0 bridgehead atoms. The summed E-state index contributed by atoms with van der Waals surface area (Å²) in [6.45, 7) is 3.44. The average Bonchev–Trinajstić information content (AvgIpc) is 2.97. The number of alkyl halides is 3. The Morgan fingerprint density at radius 3 is 2.58 bits per heavy atom. The molecule has 14 heteroatoms. The number of allylic oxidation sites excluding steroid dienone is 1. The van der Waals surface area contributed by atoms with Crippen molar-refractivity contribution in [2.75, 3.05) is 26.2 Å². The van der Waals surface area contributed by atoms with Crippen molar-refractivity contribution in [1.82, 2.24) is 20.4 Å². The zero-order chi connectivity index (χ0) is 31.1. The molecule has 43 heavy (non-hydrogen) atoms. The highest BCUT2D eigenvalue weighted by Crippen LogP contribution is 2.29. The van der Waals surface area contributed by atoms with Gasteiger partial charge in [0, 0.05) is 19.5 Å². The second-order valence-corrected chi connectivity index (χ2v) is 10.6. The normalized spacial score (nSPS) is 20.8. The molecule has 2 aromatic carbocycles. The lowest BCUT2D eigenvalue weighted by molar-refractivity contribution is -0.242. The van der Waals surface area contributed by atoms with Crippen LogP contribution < -0.4 is 10.2 Å². The van der Waals surface area contributed by atoms with Crippen LogP contribution in [0, 0.1) is 11.7 Å². The van der Waals surface area contributed by atoms with Crippen molar-refractivity contribution in [2.24, 2.45) is 5.92 Å². The third kappa shape index (κ3) is 6.13. The molecule has 0 aromatic heterocycles. The van der Waals surface area contributed by atoms with Gasteiger partial charge in [-0.3, -0.25) is 14.4 Å². The summed E-state index contributed by atoms with van der Waals surface area (Å²) in [6.07, 6.45) is -4.92. The van der Waals surface area contributed by atoms with Gasteiger partial charge in [-0.15, -0.1) is 5.17 Å². The van der Waals surface area contributed by atoms with Crippen LogP contribution >= 0.6 is 0 Å². The number of hydroxylamine groups is 1. The van der Waals surface area contributed by atoms with Gasteiger partial charge in [0.2, 0.25) is 11.8 Å². The van der Waals surface area contributed by atoms with Crippen LogP contribution in [0.2, 0.25) is 0 Å². The molecule has 1 fully saturated rings. The van der Waals surface area contributed by atoms with E-state index in [0.29, 0.717) is 29.3 Å². The highest BCUT2D eigenvalue weighted by atomic mass is 19.4. The number of halogens is 4. The van der Waals surface area contributed by atoms with E-state index in [1.165, 1.54) is 30.9 Å². The van der Waals surface area contributed by atoms with Gasteiger partial charge in [-0.05, 0) is 55.2 Å². The van der Waals surface area contributed by atoms with E-state index in [1.807, 2.05) is 24.3 Å². The fourth-order valence-electron chi connectivity index (χ4n) is 5.26. The number of carbonyl (C=O) groups is 4. The average molecular weight is 605 g/mol. The molecule has 2 atom stereocenters. The van der Waals surface area contributed by atoms with Crippen LogP contribution in [-0.4, -0.2) is 77.1 Å². The highest BCUT2D eigenvalue weighted by Gasteiger charge is 2.44. The molecule has 0 aliphatic carbocycles. The number of amides is 3. The van der Waals surface area contributed by atoms with Gasteiger partial charge in [-0.25, -0.2) is 14.6 Å². The Hall–Kier alpha value is -4.62. The highest BCUT2D eigenvalue weighted by molar-refractivity contribution is 5.97. The molecule has 0 spiro atoms. The first kappa shape index (κ1) is 29.9.